The molecule has 5 heterocycles. The monoisotopic (exact) mass is 489 g/mol. The zero-order valence-corrected chi connectivity index (χ0v) is 19.4. The Morgan fingerprint density at radius 3 is 2.86 bits per heavy atom. The topological polar surface area (TPSA) is 141 Å². The van der Waals surface area contributed by atoms with E-state index in [9.17, 15) is 4.79 Å². The number of aromatic nitrogens is 7. The highest BCUT2D eigenvalue weighted by atomic mass is 35.5. The Morgan fingerprint density at radius 1 is 1.17 bits per heavy atom. The molecule has 1 aliphatic rings. The van der Waals surface area contributed by atoms with E-state index in [1.165, 1.54) is 7.11 Å². The van der Waals surface area contributed by atoms with Crippen LogP contribution in [0.25, 0.3) is 27.8 Å². The fraction of sp³-hybridized carbons (Fsp3) is 0.217. The van der Waals surface area contributed by atoms with Gasteiger partial charge in [0.2, 0.25) is 11.8 Å². The molecule has 1 atom stereocenters. The van der Waals surface area contributed by atoms with Gasteiger partial charge in [0, 0.05) is 12.6 Å². The molecule has 12 heteroatoms. The van der Waals surface area contributed by atoms with Crippen molar-refractivity contribution in [2.45, 2.75) is 18.9 Å². The van der Waals surface area contributed by atoms with E-state index in [2.05, 4.69) is 29.8 Å². The lowest BCUT2D eigenvalue weighted by Crippen LogP contribution is -2.32. The summed E-state index contributed by atoms with van der Waals surface area (Å²) in [6.07, 6.45) is 4.77. The van der Waals surface area contributed by atoms with Gasteiger partial charge in [0.1, 0.15) is 11.3 Å². The lowest BCUT2D eigenvalue weighted by molar-refractivity contribution is 0.397. The molecule has 4 aromatic heterocycles. The molecule has 0 spiro atoms. The third kappa shape index (κ3) is 3.43. The molecule has 11 nitrogen and oxygen atoms in total. The molecule has 0 saturated carbocycles. The van der Waals surface area contributed by atoms with E-state index in [0.717, 1.165) is 12.8 Å². The Labute approximate surface area is 203 Å². The zero-order chi connectivity index (χ0) is 24.1. The van der Waals surface area contributed by atoms with Crippen molar-refractivity contribution in [3.8, 4) is 11.6 Å². The smallest absolute Gasteiger partial charge is 0.267 e. The molecule has 1 fully saturated rings. The molecular formula is C23H20ClN9O2. The number of aromatic amines is 1. The lowest BCUT2D eigenvalue weighted by Gasteiger charge is -2.28. The number of nitrogens with one attached hydrogen (secondary N) is 1. The van der Waals surface area contributed by atoms with Crippen LogP contribution in [-0.4, -0.2) is 48.1 Å². The second-order valence-electron chi connectivity index (χ2n) is 8.16. The van der Waals surface area contributed by atoms with Crippen LogP contribution in [0.3, 0.4) is 0 Å². The minimum atomic E-state index is -0.275. The summed E-state index contributed by atoms with van der Waals surface area (Å²) < 4.78 is 6.76. The van der Waals surface area contributed by atoms with Crippen LogP contribution in [0.4, 0.5) is 11.8 Å². The molecule has 0 radical (unpaired) electrons. The van der Waals surface area contributed by atoms with Crippen LogP contribution in [0.15, 0.2) is 47.7 Å². The van der Waals surface area contributed by atoms with Crippen LogP contribution >= 0.6 is 11.6 Å². The number of nitrogens with two attached hydrogens (primary N) is 1. The average Bonchev–Trinajstić information content (AvgIpc) is 3.53. The summed E-state index contributed by atoms with van der Waals surface area (Å²) in [6, 6.07) is 8.46. The molecular weight excluding hydrogens is 470 g/mol. The Hall–Kier alpha value is -4.25. The van der Waals surface area contributed by atoms with Crippen molar-refractivity contribution in [2.75, 3.05) is 24.3 Å². The van der Waals surface area contributed by atoms with Gasteiger partial charge in [-0.2, -0.15) is 9.97 Å². The summed E-state index contributed by atoms with van der Waals surface area (Å²) >= 11 is 6.43. The molecule has 35 heavy (non-hydrogen) atoms. The molecule has 1 saturated heterocycles. The molecule has 5 aromatic rings. The predicted octanol–water partition coefficient (Wildman–Crippen LogP) is 3.03. The number of pyridine rings is 1. The first kappa shape index (κ1) is 21.3. The minimum Gasteiger partial charge on any atom is -0.481 e. The van der Waals surface area contributed by atoms with Crippen molar-refractivity contribution in [1.29, 1.82) is 0 Å². The normalized spacial score (nSPS) is 15.8. The van der Waals surface area contributed by atoms with Crippen LogP contribution in [0, 0.1) is 0 Å². The van der Waals surface area contributed by atoms with E-state index in [1.807, 2.05) is 0 Å². The highest BCUT2D eigenvalue weighted by Crippen LogP contribution is 2.38. The first-order chi connectivity index (χ1) is 17.0. The van der Waals surface area contributed by atoms with Crippen molar-refractivity contribution in [3.05, 3.63) is 64.1 Å². The number of imidazole rings is 1. The number of ether oxygens (including phenoxy) is 1. The molecule has 0 amide bonds. The first-order valence-corrected chi connectivity index (χ1v) is 11.4. The molecule has 0 aliphatic carbocycles. The van der Waals surface area contributed by atoms with E-state index >= 15 is 0 Å². The van der Waals surface area contributed by atoms with Gasteiger partial charge in [0.15, 0.2) is 11.5 Å². The first-order valence-electron chi connectivity index (χ1n) is 11.0. The van der Waals surface area contributed by atoms with Gasteiger partial charge in [0.05, 0.1) is 47.3 Å². The second-order valence-corrected chi connectivity index (χ2v) is 8.57. The summed E-state index contributed by atoms with van der Waals surface area (Å²) in [6.45, 7) is 0.694. The average molecular weight is 490 g/mol. The van der Waals surface area contributed by atoms with Crippen molar-refractivity contribution in [1.82, 2.24) is 34.5 Å². The molecule has 176 valence electrons. The second kappa shape index (κ2) is 8.20. The van der Waals surface area contributed by atoms with Gasteiger partial charge in [-0.3, -0.25) is 9.36 Å². The van der Waals surface area contributed by atoms with Crippen molar-refractivity contribution in [3.63, 3.8) is 0 Å². The van der Waals surface area contributed by atoms with Crippen LogP contribution in [0.1, 0.15) is 24.7 Å². The third-order valence-electron chi connectivity index (χ3n) is 6.17. The summed E-state index contributed by atoms with van der Waals surface area (Å²) in [5.41, 5.74) is 7.95. The number of nitrogen functional groups attached to an aromatic ring is 1. The molecule has 1 unspecified atom stereocenters. The number of fused-ring (bicyclic) bond motifs is 2. The van der Waals surface area contributed by atoms with Crippen LogP contribution in [0.5, 0.6) is 5.88 Å². The molecule has 1 aromatic carbocycles. The Kier molecular flexibility index (Phi) is 4.99. The zero-order valence-electron chi connectivity index (χ0n) is 18.6. The van der Waals surface area contributed by atoms with Crippen LogP contribution in [-0.2, 0) is 0 Å². The number of methoxy groups -OCH3 is 1. The molecule has 0 bridgehead atoms. The lowest BCUT2D eigenvalue weighted by atomic mass is 10.1. The van der Waals surface area contributed by atoms with E-state index < -0.39 is 0 Å². The van der Waals surface area contributed by atoms with Gasteiger partial charge in [-0.25, -0.2) is 15.0 Å². The number of rotatable bonds is 4. The number of anilines is 2. The summed E-state index contributed by atoms with van der Waals surface area (Å²) in [5, 5.41) is 0.688. The van der Waals surface area contributed by atoms with Gasteiger partial charge in [0.25, 0.3) is 5.56 Å². The van der Waals surface area contributed by atoms with Gasteiger partial charge >= 0.3 is 0 Å². The fourth-order valence-corrected chi connectivity index (χ4v) is 4.89. The number of benzene rings is 1. The molecule has 3 N–H and O–H groups in total. The standard InChI is InChI=1S/C23H20ClN9O2/c1-35-16-8-7-12(10-26-16)33-20(29-14-5-2-4-13(24)17(14)22(33)34)15-6-3-9-32(15)21-18-19(28-11-27-18)30-23(25)31-21/h2,4-5,7-8,10-11,15H,3,6,9H2,1H3,(H3,25,27,28,30,31). The number of halogens is 1. The Morgan fingerprint density at radius 2 is 2.06 bits per heavy atom. The number of hydrogen-bond acceptors (Lipinski definition) is 9. The van der Waals surface area contributed by atoms with Crippen LogP contribution < -0.4 is 20.9 Å². The quantitative estimate of drug-likeness (QED) is 0.389. The van der Waals surface area contributed by atoms with Gasteiger partial charge in [-0.1, -0.05) is 17.7 Å². The maximum atomic E-state index is 13.8. The van der Waals surface area contributed by atoms with Crippen LogP contribution in [0.2, 0.25) is 5.02 Å². The van der Waals surface area contributed by atoms with E-state index in [1.54, 1.807) is 47.4 Å². The summed E-state index contributed by atoms with van der Waals surface area (Å²) in [5.74, 6) is 1.74. The summed E-state index contributed by atoms with van der Waals surface area (Å²) in [7, 11) is 1.54. The van der Waals surface area contributed by atoms with E-state index in [0.29, 0.717) is 56.8 Å². The Bertz CT molecular complexity index is 1630. The van der Waals surface area contributed by atoms with Crippen molar-refractivity contribution >= 4 is 45.4 Å². The Balaban J connectivity index is 1.60. The van der Waals surface area contributed by atoms with Gasteiger partial charge in [-0.15, -0.1) is 0 Å². The third-order valence-corrected chi connectivity index (χ3v) is 6.48. The summed E-state index contributed by atoms with van der Waals surface area (Å²) in [4.78, 5) is 41.2. The number of hydrogen-bond donors (Lipinski definition) is 2. The fourth-order valence-electron chi connectivity index (χ4n) is 4.64. The maximum Gasteiger partial charge on any atom is 0.267 e. The van der Waals surface area contributed by atoms with Gasteiger partial charge < -0.3 is 20.4 Å². The maximum absolute atomic E-state index is 13.8. The van der Waals surface area contributed by atoms with Gasteiger partial charge in [-0.05, 0) is 31.0 Å². The highest BCUT2D eigenvalue weighted by Gasteiger charge is 2.34. The largest absolute Gasteiger partial charge is 0.481 e. The van der Waals surface area contributed by atoms with Crippen molar-refractivity contribution < 1.29 is 4.74 Å². The number of H-pyrrole nitrogens is 1. The molecule has 1 aliphatic heterocycles. The predicted molar refractivity (Wildman–Crippen MR) is 132 cm³/mol. The van der Waals surface area contributed by atoms with E-state index in [-0.39, 0.29) is 17.5 Å². The number of nitrogens with zero attached hydrogens (tertiary/aromatic N) is 7. The minimum absolute atomic E-state index is 0.125. The molecule has 6 rings (SSSR count). The van der Waals surface area contributed by atoms with Crippen molar-refractivity contribution in [2.24, 2.45) is 0 Å². The SMILES string of the molecule is COc1ccc(-n2c(C3CCCN3c3nc(N)nc4nc[nH]c34)nc3cccc(Cl)c3c2=O)cn1. The van der Waals surface area contributed by atoms with E-state index in [4.69, 9.17) is 27.1 Å². The highest BCUT2D eigenvalue weighted by molar-refractivity contribution is 6.35.